The number of aliphatic imine (C=N–C) groups is 1. The lowest BCUT2D eigenvalue weighted by Crippen LogP contribution is -2.38. The van der Waals surface area contributed by atoms with Gasteiger partial charge in [-0.15, -0.1) is 24.0 Å². The highest BCUT2D eigenvalue weighted by Crippen LogP contribution is 2.18. The Bertz CT molecular complexity index is 671. The maximum Gasteiger partial charge on any atom is 0.390 e. The zero-order chi connectivity index (χ0) is 18.1. The van der Waals surface area contributed by atoms with Crippen LogP contribution in [0, 0.1) is 0 Å². The fourth-order valence-electron chi connectivity index (χ4n) is 2.18. The van der Waals surface area contributed by atoms with E-state index in [1.165, 1.54) is 0 Å². The van der Waals surface area contributed by atoms with Crippen molar-refractivity contribution in [1.29, 1.82) is 0 Å². The van der Waals surface area contributed by atoms with Crippen LogP contribution in [0.2, 0.25) is 0 Å². The third-order valence-corrected chi connectivity index (χ3v) is 3.34. The number of alkyl halides is 3. The fourth-order valence-corrected chi connectivity index (χ4v) is 2.18. The quantitative estimate of drug-likeness (QED) is 0.362. The standard InChI is InChI=1S/C17H22F3N5.HI/c1-2-21-16(22-9-8-17(18,19)20)23-10-15-11-24-25(13-15)12-14-6-4-3-5-7-14;/h3-7,11,13H,2,8-10,12H2,1H3,(H2,21,22,23);1H. The second-order valence-corrected chi connectivity index (χ2v) is 5.52. The summed E-state index contributed by atoms with van der Waals surface area (Å²) in [5.41, 5.74) is 2.03. The van der Waals surface area contributed by atoms with Gasteiger partial charge in [0.05, 0.1) is 25.7 Å². The fraction of sp³-hybridized carbons (Fsp3) is 0.412. The molecule has 0 amide bonds. The lowest BCUT2D eigenvalue weighted by Gasteiger charge is -2.12. The molecule has 2 aromatic rings. The van der Waals surface area contributed by atoms with E-state index < -0.39 is 12.6 Å². The summed E-state index contributed by atoms with van der Waals surface area (Å²) in [6.45, 7) is 3.23. The van der Waals surface area contributed by atoms with Gasteiger partial charge in [-0.25, -0.2) is 4.99 Å². The highest BCUT2D eigenvalue weighted by Gasteiger charge is 2.26. The van der Waals surface area contributed by atoms with Gasteiger partial charge < -0.3 is 10.6 Å². The molecule has 1 aromatic carbocycles. The van der Waals surface area contributed by atoms with Gasteiger partial charge in [-0.1, -0.05) is 30.3 Å². The van der Waals surface area contributed by atoms with E-state index in [-0.39, 0.29) is 30.5 Å². The van der Waals surface area contributed by atoms with Crippen molar-refractivity contribution in [2.24, 2.45) is 4.99 Å². The molecule has 0 saturated heterocycles. The minimum Gasteiger partial charge on any atom is -0.357 e. The van der Waals surface area contributed by atoms with Crippen LogP contribution in [0.3, 0.4) is 0 Å². The summed E-state index contributed by atoms with van der Waals surface area (Å²) in [6, 6.07) is 9.94. The van der Waals surface area contributed by atoms with E-state index in [1.54, 1.807) is 6.20 Å². The van der Waals surface area contributed by atoms with Gasteiger partial charge in [0.1, 0.15) is 0 Å². The molecule has 0 fully saturated rings. The van der Waals surface area contributed by atoms with Crippen molar-refractivity contribution in [3.8, 4) is 0 Å². The van der Waals surface area contributed by atoms with E-state index in [0.29, 0.717) is 25.6 Å². The number of hydrogen-bond acceptors (Lipinski definition) is 2. The molecule has 0 aliphatic heterocycles. The molecular formula is C17H23F3IN5. The van der Waals surface area contributed by atoms with Crippen LogP contribution in [-0.4, -0.2) is 35.0 Å². The van der Waals surface area contributed by atoms with E-state index in [2.05, 4.69) is 20.7 Å². The van der Waals surface area contributed by atoms with Crippen LogP contribution in [0.4, 0.5) is 13.2 Å². The Balaban J connectivity index is 0.00000338. The van der Waals surface area contributed by atoms with Crippen LogP contribution in [0.1, 0.15) is 24.5 Å². The van der Waals surface area contributed by atoms with Crippen LogP contribution in [0.15, 0.2) is 47.7 Å². The second-order valence-electron chi connectivity index (χ2n) is 5.52. The van der Waals surface area contributed by atoms with Crippen molar-refractivity contribution >= 4 is 29.9 Å². The molecule has 0 saturated carbocycles. The summed E-state index contributed by atoms with van der Waals surface area (Å²) >= 11 is 0. The van der Waals surface area contributed by atoms with Gasteiger partial charge in [-0.2, -0.15) is 18.3 Å². The van der Waals surface area contributed by atoms with Crippen molar-refractivity contribution in [2.45, 2.75) is 32.6 Å². The molecule has 0 unspecified atom stereocenters. The first kappa shape index (κ1) is 22.3. The monoisotopic (exact) mass is 481 g/mol. The van der Waals surface area contributed by atoms with E-state index in [9.17, 15) is 13.2 Å². The van der Waals surface area contributed by atoms with Crippen LogP contribution >= 0.6 is 24.0 Å². The van der Waals surface area contributed by atoms with Gasteiger partial charge in [0.25, 0.3) is 0 Å². The number of halogens is 4. The largest absolute Gasteiger partial charge is 0.390 e. The Kier molecular flexibility index (Phi) is 9.46. The zero-order valence-electron chi connectivity index (χ0n) is 14.5. The average Bonchev–Trinajstić information content (AvgIpc) is 3.00. The zero-order valence-corrected chi connectivity index (χ0v) is 16.8. The molecule has 0 radical (unpaired) electrons. The van der Waals surface area contributed by atoms with Crippen molar-refractivity contribution < 1.29 is 13.2 Å². The lowest BCUT2D eigenvalue weighted by molar-refractivity contribution is -0.132. The van der Waals surface area contributed by atoms with Crippen molar-refractivity contribution in [1.82, 2.24) is 20.4 Å². The number of nitrogens with zero attached hydrogens (tertiary/aromatic N) is 3. The third kappa shape index (κ3) is 8.54. The smallest absolute Gasteiger partial charge is 0.357 e. The number of guanidine groups is 1. The number of hydrogen-bond donors (Lipinski definition) is 2. The maximum absolute atomic E-state index is 12.2. The molecule has 26 heavy (non-hydrogen) atoms. The van der Waals surface area contributed by atoms with Gasteiger partial charge in [-0.05, 0) is 12.5 Å². The normalized spacial score (nSPS) is 11.8. The van der Waals surface area contributed by atoms with E-state index >= 15 is 0 Å². The molecule has 0 bridgehead atoms. The summed E-state index contributed by atoms with van der Waals surface area (Å²) < 4.78 is 38.4. The van der Waals surface area contributed by atoms with Crippen LogP contribution in [-0.2, 0) is 13.1 Å². The first-order chi connectivity index (χ1) is 12.0. The average molecular weight is 481 g/mol. The molecular weight excluding hydrogens is 458 g/mol. The predicted octanol–water partition coefficient (Wildman–Crippen LogP) is 3.56. The molecule has 0 aliphatic rings. The molecule has 5 nitrogen and oxygen atoms in total. The van der Waals surface area contributed by atoms with Crippen molar-refractivity contribution in [2.75, 3.05) is 13.1 Å². The van der Waals surface area contributed by atoms with Crippen LogP contribution < -0.4 is 10.6 Å². The minimum atomic E-state index is -4.18. The lowest BCUT2D eigenvalue weighted by atomic mass is 10.2. The Morgan fingerprint density at radius 3 is 2.54 bits per heavy atom. The Hall–Kier alpha value is -1.78. The van der Waals surface area contributed by atoms with Crippen LogP contribution in [0.5, 0.6) is 0 Å². The molecule has 9 heteroatoms. The first-order valence-electron chi connectivity index (χ1n) is 8.10. The molecule has 0 spiro atoms. The molecule has 1 aromatic heterocycles. The second kappa shape index (κ2) is 11.0. The summed E-state index contributed by atoms with van der Waals surface area (Å²) in [7, 11) is 0. The molecule has 2 rings (SSSR count). The summed E-state index contributed by atoms with van der Waals surface area (Å²) in [4.78, 5) is 4.30. The van der Waals surface area contributed by atoms with E-state index in [1.807, 2.05) is 48.1 Å². The number of rotatable bonds is 7. The number of benzene rings is 1. The van der Waals surface area contributed by atoms with Gasteiger partial charge in [0.2, 0.25) is 0 Å². The molecule has 2 N–H and O–H groups in total. The molecule has 144 valence electrons. The van der Waals surface area contributed by atoms with Crippen LogP contribution in [0.25, 0.3) is 0 Å². The third-order valence-electron chi connectivity index (χ3n) is 3.34. The first-order valence-corrected chi connectivity index (χ1v) is 8.10. The Labute approximate surface area is 168 Å². The summed E-state index contributed by atoms with van der Waals surface area (Å²) in [5.74, 6) is 0.363. The SMILES string of the molecule is CCNC(=NCc1cnn(Cc2ccccc2)c1)NCCC(F)(F)F.I. The molecule has 0 atom stereocenters. The van der Waals surface area contributed by atoms with Gasteiger partial charge >= 0.3 is 6.18 Å². The number of aromatic nitrogens is 2. The highest BCUT2D eigenvalue weighted by molar-refractivity contribution is 14.0. The van der Waals surface area contributed by atoms with Gasteiger partial charge in [-0.3, -0.25) is 4.68 Å². The van der Waals surface area contributed by atoms with Gasteiger partial charge in [0, 0.05) is 24.8 Å². The Morgan fingerprint density at radius 2 is 1.88 bits per heavy atom. The van der Waals surface area contributed by atoms with Crippen molar-refractivity contribution in [3.63, 3.8) is 0 Å². The van der Waals surface area contributed by atoms with Crippen molar-refractivity contribution in [3.05, 3.63) is 53.9 Å². The summed E-state index contributed by atoms with van der Waals surface area (Å²) in [5, 5.41) is 9.90. The van der Waals surface area contributed by atoms with E-state index in [4.69, 9.17) is 0 Å². The highest BCUT2D eigenvalue weighted by atomic mass is 127. The topological polar surface area (TPSA) is 54.2 Å². The molecule has 0 aliphatic carbocycles. The van der Waals surface area contributed by atoms with Gasteiger partial charge in [0.15, 0.2) is 5.96 Å². The van der Waals surface area contributed by atoms with E-state index in [0.717, 1.165) is 11.1 Å². The predicted molar refractivity (Wildman–Crippen MR) is 107 cm³/mol. The maximum atomic E-state index is 12.2. The summed E-state index contributed by atoms with van der Waals surface area (Å²) in [6.07, 6.45) is -1.48. The Morgan fingerprint density at radius 1 is 1.15 bits per heavy atom. The minimum absolute atomic E-state index is 0. The number of nitrogens with one attached hydrogen (secondary N) is 2. The molecule has 1 heterocycles.